The first-order chi connectivity index (χ1) is 9.11. The van der Waals surface area contributed by atoms with Crippen LogP contribution in [0.15, 0.2) is 24.3 Å². The maximum Gasteiger partial charge on any atom is 0.118 e. The quantitative estimate of drug-likeness (QED) is 0.882. The van der Waals surface area contributed by atoms with Crippen LogP contribution in [0.2, 0.25) is 0 Å². The molecule has 102 valence electrons. The van der Waals surface area contributed by atoms with Gasteiger partial charge in [-0.25, -0.2) is 0 Å². The second-order valence-electron chi connectivity index (χ2n) is 7.19. The zero-order valence-electron chi connectivity index (χ0n) is 11.6. The Balaban J connectivity index is 1.72. The van der Waals surface area contributed by atoms with Gasteiger partial charge in [0.05, 0.1) is 12.7 Å². The Morgan fingerprint density at radius 1 is 1.05 bits per heavy atom. The van der Waals surface area contributed by atoms with Gasteiger partial charge in [0.15, 0.2) is 0 Å². The Labute approximate surface area is 114 Å². The van der Waals surface area contributed by atoms with Crippen molar-refractivity contribution in [2.45, 2.75) is 49.5 Å². The molecule has 0 heterocycles. The number of hydrogen-bond donors (Lipinski definition) is 1. The minimum absolute atomic E-state index is 0.241. The predicted molar refractivity (Wildman–Crippen MR) is 74.3 cm³/mol. The van der Waals surface area contributed by atoms with Crippen LogP contribution in [0.4, 0.5) is 0 Å². The molecule has 0 saturated heterocycles. The zero-order chi connectivity index (χ0) is 13.1. The molecule has 2 heteroatoms. The maximum absolute atomic E-state index is 10.8. The van der Waals surface area contributed by atoms with E-state index in [1.165, 1.54) is 24.8 Å². The molecule has 4 bridgehead atoms. The summed E-state index contributed by atoms with van der Waals surface area (Å²) in [6, 6.07) is 8.57. The second kappa shape index (κ2) is 3.76. The number of hydrogen-bond acceptors (Lipinski definition) is 2. The minimum Gasteiger partial charge on any atom is -0.497 e. The van der Waals surface area contributed by atoms with Crippen molar-refractivity contribution in [2.24, 2.45) is 11.8 Å². The summed E-state index contributed by atoms with van der Waals surface area (Å²) < 4.78 is 5.26. The zero-order valence-corrected chi connectivity index (χ0v) is 11.6. The average Bonchev–Trinajstić information content (AvgIpc) is 2.36. The van der Waals surface area contributed by atoms with Gasteiger partial charge in [-0.15, -0.1) is 0 Å². The van der Waals surface area contributed by atoms with Crippen LogP contribution in [0.5, 0.6) is 5.75 Å². The van der Waals surface area contributed by atoms with Gasteiger partial charge in [-0.1, -0.05) is 12.1 Å². The maximum atomic E-state index is 10.8. The standard InChI is InChI=1S/C17H22O2/c1-19-15-4-2-14(3-5-15)16-7-12-6-13(8-16)10-17(18,9-12)11-16/h2-5,12-13,18H,6-11H2,1H3/t12-,13-,16?,17?/m0/s1. The molecule has 0 amide bonds. The van der Waals surface area contributed by atoms with Crippen LogP contribution in [0, 0.1) is 11.8 Å². The lowest BCUT2D eigenvalue weighted by atomic mass is 9.46. The summed E-state index contributed by atoms with van der Waals surface area (Å²) in [7, 11) is 1.71. The molecule has 4 aliphatic carbocycles. The van der Waals surface area contributed by atoms with E-state index in [1.807, 2.05) is 0 Å². The summed E-state index contributed by atoms with van der Waals surface area (Å²) in [5.41, 5.74) is 1.29. The largest absolute Gasteiger partial charge is 0.497 e. The molecule has 2 nitrogen and oxygen atoms in total. The topological polar surface area (TPSA) is 29.5 Å². The van der Waals surface area contributed by atoms with Crippen LogP contribution in [0.25, 0.3) is 0 Å². The third-order valence-electron chi connectivity index (χ3n) is 5.73. The van der Waals surface area contributed by atoms with Crippen molar-refractivity contribution < 1.29 is 9.84 Å². The van der Waals surface area contributed by atoms with E-state index in [9.17, 15) is 5.11 Å². The Morgan fingerprint density at radius 3 is 2.21 bits per heavy atom. The number of ether oxygens (including phenoxy) is 1. The molecule has 0 unspecified atom stereocenters. The van der Waals surface area contributed by atoms with Gasteiger partial charge in [0, 0.05) is 0 Å². The molecule has 4 aliphatic rings. The highest BCUT2D eigenvalue weighted by Crippen LogP contribution is 2.62. The molecule has 1 aromatic rings. The minimum atomic E-state index is -0.371. The van der Waals surface area contributed by atoms with Crippen molar-refractivity contribution >= 4 is 0 Å². The Hall–Kier alpha value is -1.02. The first-order valence-corrected chi connectivity index (χ1v) is 7.48. The Bertz CT molecular complexity index is 476. The van der Waals surface area contributed by atoms with Crippen LogP contribution in [0.1, 0.15) is 44.1 Å². The van der Waals surface area contributed by atoms with Crippen LogP contribution in [-0.4, -0.2) is 17.8 Å². The van der Waals surface area contributed by atoms with Gasteiger partial charge in [0.1, 0.15) is 5.75 Å². The van der Waals surface area contributed by atoms with E-state index in [2.05, 4.69) is 24.3 Å². The van der Waals surface area contributed by atoms with Gasteiger partial charge < -0.3 is 9.84 Å². The van der Waals surface area contributed by atoms with Crippen molar-refractivity contribution in [3.63, 3.8) is 0 Å². The Morgan fingerprint density at radius 2 is 1.68 bits per heavy atom. The monoisotopic (exact) mass is 258 g/mol. The third kappa shape index (κ3) is 1.73. The first-order valence-electron chi connectivity index (χ1n) is 7.48. The van der Waals surface area contributed by atoms with E-state index in [0.29, 0.717) is 0 Å². The van der Waals surface area contributed by atoms with Gasteiger partial charge >= 0.3 is 0 Å². The van der Waals surface area contributed by atoms with Crippen molar-refractivity contribution in [1.82, 2.24) is 0 Å². The third-order valence-corrected chi connectivity index (χ3v) is 5.73. The van der Waals surface area contributed by atoms with Gasteiger partial charge in [-0.2, -0.15) is 0 Å². The molecule has 4 fully saturated rings. The molecular weight excluding hydrogens is 236 g/mol. The van der Waals surface area contributed by atoms with E-state index < -0.39 is 0 Å². The van der Waals surface area contributed by atoms with Crippen LogP contribution in [0.3, 0.4) is 0 Å². The highest BCUT2D eigenvalue weighted by atomic mass is 16.5. The molecule has 0 radical (unpaired) electrons. The van der Waals surface area contributed by atoms with E-state index in [1.54, 1.807) is 7.11 Å². The van der Waals surface area contributed by atoms with Crippen LogP contribution >= 0.6 is 0 Å². The molecule has 0 aliphatic heterocycles. The summed E-state index contributed by atoms with van der Waals surface area (Å²) in [6.45, 7) is 0. The van der Waals surface area contributed by atoms with E-state index in [0.717, 1.165) is 36.8 Å². The first kappa shape index (κ1) is 11.8. The van der Waals surface area contributed by atoms with Gasteiger partial charge in [0.2, 0.25) is 0 Å². The fourth-order valence-corrected chi connectivity index (χ4v) is 5.50. The number of methoxy groups -OCH3 is 1. The fourth-order valence-electron chi connectivity index (χ4n) is 5.50. The lowest BCUT2D eigenvalue weighted by Crippen LogP contribution is -2.57. The summed E-state index contributed by atoms with van der Waals surface area (Å²) >= 11 is 0. The predicted octanol–water partition coefficient (Wildman–Crippen LogP) is 3.28. The molecular formula is C17H22O2. The van der Waals surface area contributed by atoms with Crippen molar-refractivity contribution in [1.29, 1.82) is 0 Å². The molecule has 4 saturated carbocycles. The number of aliphatic hydroxyl groups is 1. The molecule has 5 rings (SSSR count). The van der Waals surface area contributed by atoms with Crippen molar-refractivity contribution in [3.05, 3.63) is 29.8 Å². The molecule has 1 N–H and O–H groups in total. The molecule has 1 aromatic carbocycles. The lowest BCUT2D eigenvalue weighted by Gasteiger charge is -2.60. The van der Waals surface area contributed by atoms with Gasteiger partial charge in [-0.3, -0.25) is 0 Å². The summed E-state index contributed by atoms with van der Waals surface area (Å²) in [4.78, 5) is 0. The highest BCUT2D eigenvalue weighted by molar-refractivity contribution is 5.35. The second-order valence-corrected chi connectivity index (χ2v) is 7.19. The summed E-state index contributed by atoms with van der Waals surface area (Å²) in [5, 5.41) is 10.8. The van der Waals surface area contributed by atoms with E-state index >= 15 is 0 Å². The van der Waals surface area contributed by atoms with Crippen LogP contribution < -0.4 is 4.74 Å². The van der Waals surface area contributed by atoms with Gasteiger partial charge in [-0.05, 0) is 73.5 Å². The van der Waals surface area contributed by atoms with Gasteiger partial charge in [0.25, 0.3) is 0 Å². The normalized spacial score (nSPS) is 43.5. The van der Waals surface area contributed by atoms with Crippen molar-refractivity contribution in [3.8, 4) is 5.75 Å². The molecule has 0 aromatic heterocycles. The smallest absolute Gasteiger partial charge is 0.118 e. The van der Waals surface area contributed by atoms with Crippen LogP contribution in [-0.2, 0) is 5.41 Å². The molecule has 19 heavy (non-hydrogen) atoms. The molecule has 0 spiro atoms. The summed E-state index contributed by atoms with van der Waals surface area (Å²) in [5.74, 6) is 2.41. The Kier molecular flexibility index (Phi) is 2.33. The van der Waals surface area contributed by atoms with E-state index in [4.69, 9.17) is 4.74 Å². The highest BCUT2D eigenvalue weighted by Gasteiger charge is 2.57. The number of rotatable bonds is 2. The lowest BCUT2D eigenvalue weighted by molar-refractivity contribution is -0.137. The van der Waals surface area contributed by atoms with E-state index in [-0.39, 0.29) is 11.0 Å². The SMILES string of the molecule is COc1ccc(C23C[C@@H]4C[C@H](CC(O)(C4)C2)C3)cc1. The average molecular weight is 258 g/mol. The number of benzene rings is 1. The van der Waals surface area contributed by atoms with Crippen molar-refractivity contribution in [2.75, 3.05) is 7.11 Å². The fraction of sp³-hybridized carbons (Fsp3) is 0.647. The summed E-state index contributed by atoms with van der Waals surface area (Å²) in [6.07, 6.45) is 6.96. The molecule has 2 atom stereocenters.